The first-order chi connectivity index (χ1) is 18.8. The van der Waals surface area contributed by atoms with Crippen LogP contribution in [0.5, 0.6) is 11.5 Å². The number of nitrogens with zero attached hydrogens (tertiary/aromatic N) is 2. The van der Waals surface area contributed by atoms with Gasteiger partial charge in [-0.25, -0.2) is 14.5 Å². The van der Waals surface area contributed by atoms with Gasteiger partial charge in [-0.15, -0.1) is 0 Å². The standard InChI is InChI=1S/C31H28N4O4/c1-31(2)28(36)35(25-12-9-15-27(20-25)39-26-13-7-4-8-14-26)30(38)34(31)21-22-16-18-24(19-17-22)33-29(37)32-23-10-5-3-6-11-23/h3-20H,21H2,1-2H3,(H2,32,33,37). The number of nitrogens with one attached hydrogen (secondary N) is 2. The van der Waals surface area contributed by atoms with E-state index in [1.807, 2.05) is 60.7 Å². The third-order valence-electron chi connectivity index (χ3n) is 6.46. The lowest BCUT2D eigenvalue weighted by atomic mass is 10.0. The van der Waals surface area contributed by atoms with E-state index in [2.05, 4.69) is 10.6 Å². The molecule has 4 aromatic carbocycles. The van der Waals surface area contributed by atoms with Gasteiger partial charge in [0.05, 0.1) is 5.69 Å². The summed E-state index contributed by atoms with van der Waals surface area (Å²) in [5.41, 5.74) is 1.50. The summed E-state index contributed by atoms with van der Waals surface area (Å²) < 4.78 is 5.90. The summed E-state index contributed by atoms with van der Waals surface area (Å²) in [6, 6.07) is 31.8. The topological polar surface area (TPSA) is 91.0 Å². The maximum Gasteiger partial charge on any atom is 0.332 e. The minimum absolute atomic E-state index is 0.227. The van der Waals surface area contributed by atoms with Gasteiger partial charge in [0.1, 0.15) is 17.0 Å². The largest absolute Gasteiger partial charge is 0.457 e. The molecule has 0 atom stereocenters. The number of imide groups is 1. The van der Waals surface area contributed by atoms with Crippen LogP contribution >= 0.6 is 0 Å². The fraction of sp³-hybridized carbons (Fsp3) is 0.129. The van der Waals surface area contributed by atoms with E-state index in [9.17, 15) is 14.4 Å². The highest BCUT2D eigenvalue weighted by molar-refractivity contribution is 6.23. The van der Waals surface area contributed by atoms with Gasteiger partial charge in [-0.3, -0.25) is 4.79 Å². The molecule has 39 heavy (non-hydrogen) atoms. The van der Waals surface area contributed by atoms with E-state index >= 15 is 0 Å². The Kier molecular flexibility index (Phi) is 7.01. The molecule has 4 aromatic rings. The number of carbonyl (C=O) groups excluding carboxylic acids is 3. The lowest BCUT2D eigenvalue weighted by Gasteiger charge is -2.27. The van der Waals surface area contributed by atoms with Gasteiger partial charge in [0.15, 0.2) is 0 Å². The number of hydrogen-bond acceptors (Lipinski definition) is 4. The molecular formula is C31H28N4O4. The van der Waals surface area contributed by atoms with Crippen molar-refractivity contribution in [1.29, 1.82) is 0 Å². The molecule has 5 amide bonds. The van der Waals surface area contributed by atoms with E-state index in [1.54, 1.807) is 67.3 Å². The summed E-state index contributed by atoms with van der Waals surface area (Å²) >= 11 is 0. The molecule has 0 radical (unpaired) electrons. The molecule has 2 N–H and O–H groups in total. The van der Waals surface area contributed by atoms with Crippen molar-refractivity contribution in [2.45, 2.75) is 25.9 Å². The third-order valence-corrected chi connectivity index (χ3v) is 6.46. The molecule has 5 rings (SSSR count). The Labute approximate surface area is 226 Å². The van der Waals surface area contributed by atoms with E-state index in [4.69, 9.17) is 4.74 Å². The van der Waals surface area contributed by atoms with Crippen LogP contribution in [-0.2, 0) is 11.3 Å². The number of para-hydroxylation sites is 2. The molecular weight excluding hydrogens is 492 g/mol. The predicted octanol–water partition coefficient (Wildman–Crippen LogP) is 6.87. The van der Waals surface area contributed by atoms with E-state index in [0.29, 0.717) is 28.6 Å². The molecule has 0 aromatic heterocycles. The van der Waals surface area contributed by atoms with Crippen LogP contribution in [0, 0.1) is 0 Å². The van der Waals surface area contributed by atoms with Crippen molar-refractivity contribution >= 4 is 35.0 Å². The maximum absolute atomic E-state index is 13.5. The zero-order chi connectivity index (χ0) is 27.4. The van der Waals surface area contributed by atoms with E-state index in [-0.39, 0.29) is 18.5 Å². The number of amides is 5. The molecule has 196 valence electrons. The van der Waals surface area contributed by atoms with Gasteiger partial charge in [-0.1, -0.05) is 54.6 Å². The molecule has 1 aliphatic heterocycles. The molecule has 0 unspecified atom stereocenters. The van der Waals surface area contributed by atoms with Crippen molar-refractivity contribution in [3.8, 4) is 11.5 Å². The summed E-state index contributed by atoms with van der Waals surface area (Å²) in [5, 5.41) is 5.56. The number of hydrogen-bond donors (Lipinski definition) is 2. The highest BCUT2D eigenvalue weighted by Crippen LogP contribution is 2.35. The number of carbonyl (C=O) groups is 3. The Balaban J connectivity index is 1.27. The number of anilines is 3. The average Bonchev–Trinajstić information content (AvgIpc) is 3.10. The fourth-order valence-corrected chi connectivity index (χ4v) is 4.33. The molecule has 8 nitrogen and oxygen atoms in total. The summed E-state index contributed by atoms with van der Waals surface area (Å²) in [7, 11) is 0. The third kappa shape index (κ3) is 5.60. The number of urea groups is 2. The van der Waals surface area contributed by atoms with E-state index < -0.39 is 11.6 Å². The maximum atomic E-state index is 13.5. The Morgan fingerprint density at radius 2 is 1.33 bits per heavy atom. The highest BCUT2D eigenvalue weighted by Gasteiger charge is 2.51. The van der Waals surface area contributed by atoms with Gasteiger partial charge in [0.2, 0.25) is 0 Å². The van der Waals surface area contributed by atoms with Crippen molar-refractivity contribution in [1.82, 2.24) is 4.90 Å². The van der Waals surface area contributed by atoms with Gasteiger partial charge < -0.3 is 20.3 Å². The number of ether oxygens (including phenoxy) is 1. The summed E-state index contributed by atoms with van der Waals surface area (Å²) in [4.78, 5) is 41.9. The van der Waals surface area contributed by atoms with Crippen LogP contribution in [0.2, 0.25) is 0 Å². The monoisotopic (exact) mass is 520 g/mol. The number of rotatable bonds is 7. The van der Waals surface area contributed by atoms with Gasteiger partial charge in [0.25, 0.3) is 5.91 Å². The van der Waals surface area contributed by atoms with E-state index in [0.717, 1.165) is 5.56 Å². The minimum atomic E-state index is -1.06. The smallest absolute Gasteiger partial charge is 0.332 e. The zero-order valence-electron chi connectivity index (χ0n) is 21.6. The highest BCUT2D eigenvalue weighted by atomic mass is 16.5. The summed E-state index contributed by atoms with van der Waals surface area (Å²) in [5.74, 6) is 0.862. The van der Waals surface area contributed by atoms with E-state index in [1.165, 1.54) is 4.90 Å². The Morgan fingerprint density at radius 3 is 2.00 bits per heavy atom. The number of benzene rings is 4. The normalized spacial score (nSPS) is 14.3. The van der Waals surface area contributed by atoms with Gasteiger partial charge in [-0.2, -0.15) is 0 Å². The predicted molar refractivity (Wildman–Crippen MR) is 151 cm³/mol. The molecule has 8 heteroatoms. The molecule has 1 fully saturated rings. The second-order valence-electron chi connectivity index (χ2n) is 9.62. The second-order valence-corrected chi connectivity index (χ2v) is 9.62. The van der Waals surface area contributed by atoms with Crippen LogP contribution < -0.4 is 20.3 Å². The lowest BCUT2D eigenvalue weighted by molar-refractivity contribution is -0.123. The lowest BCUT2D eigenvalue weighted by Crippen LogP contribution is -2.43. The summed E-state index contributed by atoms with van der Waals surface area (Å²) in [6.07, 6.45) is 0. The Morgan fingerprint density at radius 1 is 0.744 bits per heavy atom. The van der Waals surface area contributed by atoms with Crippen LogP contribution in [0.15, 0.2) is 109 Å². The van der Waals surface area contributed by atoms with Crippen molar-refractivity contribution in [2.75, 3.05) is 15.5 Å². The van der Waals surface area contributed by atoms with Gasteiger partial charge in [0, 0.05) is 24.0 Å². The molecule has 1 saturated heterocycles. The van der Waals surface area contributed by atoms with Crippen molar-refractivity contribution in [3.05, 3.63) is 115 Å². The van der Waals surface area contributed by atoms with Crippen molar-refractivity contribution in [3.63, 3.8) is 0 Å². The molecule has 0 aliphatic carbocycles. The first kappa shape index (κ1) is 25.5. The molecule has 0 saturated carbocycles. The molecule has 1 heterocycles. The van der Waals surface area contributed by atoms with Crippen LogP contribution in [0.4, 0.5) is 26.7 Å². The first-order valence-corrected chi connectivity index (χ1v) is 12.5. The average molecular weight is 521 g/mol. The Bertz CT molecular complexity index is 1490. The SMILES string of the molecule is CC1(C)C(=O)N(c2cccc(Oc3ccccc3)c2)C(=O)N1Cc1ccc(NC(=O)Nc2ccccc2)cc1. The van der Waals surface area contributed by atoms with Crippen molar-refractivity contribution < 1.29 is 19.1 Å². The molecule has 1 aliphatic rings. The quantitative estimate of drug-likeness (QED) is 0.260. The molecule has 0 spiro atoms. The van der Waals surface area contributed by atoms with Crippen LogP contribution in [0.25, 0.3) is 0 Å². The van der Waals surface area contributed by atoms with Gasteiger partial charge in [-0.05, 0) is 67.9 Å². The molecule has 0 bridgehead atoms. The first-order valence-electron chi connectivity index (χ1n) is 12.5. The van der Waals surface area contributed by atoms with Crippen LogP contribution in [-0.4, -0.2) is 28.4 Å². The van der Waals surface area contributed by atoms with Crippen molar-refractivity contribution in [2.24, 2.45) is 0 Å². The van der Waals surface area contributed by atoms with Crippen LogP contribution in [0.3, 0.4) is 0 Å². The van der Waals surface area contributed by atoms with Crippen LogP contribution in [0.1, 0.15) is 19.4 Å². The zero-order valence-corrected chi connectivity index (χ0v) is 21.6. The van der Waals surface area contributed by atoms with Gasteiger partial charge >= 0.3 is 12.1 Å². The second kappa shape index (κ2) is 10.7. The fourth-order valence-electron chi connectivity index (χ4n) is 4.33. The Hall–Kier alpha value is -5.11. The summed E-state index contributed by atoms with van der Waals surface area (Å²) in [6.45, 7) is 3.70. The minimum Gasteiger partial charge on any atom is -0.457 e.